The first-order chi connectivity index (χ1) is 21.7. The lowest BCUT2D eigenvalue weighted by Crippen LogP contribution is -2.40. The number of fused-ring (bicyclic) bond motifs is 2. The van der Waals surface area contributed by atoms with Gasteiger partial charge in [0.05, 0.1) is 29.6 Å². The molecule has 13 nitrogen and oxygen atoms in total. The van der Waals surface area contributed by atoms with Gasteiger partial charge < -0.3 is 4.90 Å². The number of aromatic nitrogens is 6. The number of aliphatic imine (C=N–C) groups is 1. The fourth-order valence-electron chi connectivity index (χ4n) is 5.69. The van der Waals surface area contributed by atoms with E-state index >= 15 is 0 Å². The maximum Gasteiger partial charge on any atom is 0.332 e. The number of piperidine rings is 1. The number of nitro groups is 1. The van der Waals surface area contributed by atoms with Gasteiger partial charge in [-0.25, -0.2) is 14.8 Å². The van der Waals surface area contributed by atoms with Crippen LogP contribution in [0.3, 0.4) is 0 Å². The van der Waals surface area contributed by atoms with Gasteiger partial charge in [-0.2, -0.15) is 4.98 Å². The molecule has 0 aliphatic carbocycles. The van der Waals surface area contributed by atoms with Crippen LogP contribution in [0, 0.1) is 28.9 Å². The van der Waals surface area contributed by atoms with Crippen molar-refractivity contribution in [2.75, 3.05) is 18.0 Å². The molecule has 6 rings (SSSR count). The molecular weight excluding hydrogens is 574 g/mol. The Morgan fingerprint density at radius 2 is 1.87 bits per heavy atom. The standard InChI is InChI=1S/C32H31N9O4/c1-4-5-17-39-28-29(36-31(39)38-16-8-9-23(19-38)33-18-22-12-14-24(15-13-22)41(44)45)37(3)32(43)40(30(28)42)20-27-34-21(2)25-10-6-7-11-26(25)35-27/h6-7,10-15,18,23H,8-9,16-17,19-20H2,1-3H3/b33-18+/t23-/m1/s1. The van der Waals surface area contributed by atoms with E-state index in [9.17, 15) is 19.7 Å². The number of nitrogens with zero attached hydrogens (tertiary/aromatic N) is 9. The Kier molecular flexibility index (Phi) is 7.95. The van der Waals surface area contributed by atoms with E-state index in [1.807, 2.05) is 31.2 Å². The van der Waals surface area contributed by atoms with E-state index in [2.05, 4.69) is 26.7 Å². The smallest absolute Gasteiger partial charge is 0.332 e. The molecule has 0 spiro atoms. The summed E-state index contributed by atoms with van der Waals surface area (Å²) in [5.41, 5.74) is 1.87. The Morgan fingerprint density at radius 3 is 2.62 bits per heavy atom. The zero-order valence-electron chi connectivity index (χ0n) is 25.2. The Labute approximate surface area is 257 Å². The largest absolute Gasteiger partial charge is 0.340 e. The van der Waals surface area contributed by atoms with Crippen LogP contribution in [0.25, 0.3) is 22.1 Å². The summed E-state index contributed by atoms with van der Waals surface area (Å²) >= 11 is 0. The van der Waals surface area contributed by atoms with Crippen molar-refractivity contribution in [2.24, 2.45) is 12.0 Å². The first kappa shape index (κ1) is 29.4. The minimum atomic E-state index is -0.510. The highest BCUT2D eigenvalue weighted by molar-refractivity contribution is 5.81. The zero-order valence-corrected chi connectivity index (χ0v) is 25.2. The summed E-state index contributed by atoms with van der Waals surface area (Å²) in [5, 5.41) is 11.9. The highest BCUT2D eigenvalue weighted by atomic mass is 16.6. The number of anilines is 1. The summed E-state index contributed by atoms with van der Waals surface area (Å²) in [5.74, 6) is 6.88. The average molecular weight is 606 g/mol. The molecular formula is C32H31N9O4. The van der Waals surface area contributed by atoms with Gasteiger partial charge >= 0.3 is 5.69 Å². The Balaban J connectivity index is 1.36. The van der Waals surface area contributed by atoms with Gasteiger partial charge in [0.1, 0.15) is 5.82 Å². The first-order valence-corrected chi connectivity index (χ1v) is 14.6. The maximum atomic E-state index is 14.0. The predicted molar refractivity (Wildman–Crippen MR) is 172 cm³/mol. The second-order valence-electron chi connectivity index (χ2n) is 10.9. The zero-order chi connectivity index (χ0) is 31.7. The van der Waals surface area contributed by atoms with Crippen molar-refractivity contribution in [1.82, 2.24) is 28.7 Å². The van der Waals surface area contributed by atoms with E-state index in [1.54, 1.807) is 36.9 Å². The number of hydrogen-bond donors (Lipinski definition) is 0. The van der Waals surface area contributed by atoms with E-state index in [-0.39, 0.29) is 36.0 Å². The normalized spacial score (nSPS) is 15.1. The molecule has 1 saturated heterocycles. The van der Waals surface area contributed by atoms with Gasteiger partial charge in [0.2, 0.25) is 5.95 Å². The summed E-state index contributed by atoms with van der Waals surface area (Å²) in [6, 6.07) is 13.8. The molecule has 0 saturated carbocycles. The number of benzene rings is 2. The molecule has 0 N–H and O–H groups in total. The summed E-state index contributed by atoms with van der Waals surface area (Å²) in [6.45, 7) is 4.97. The van der Waals surface area contributed by atoms with Crippen LogP contribution in [-0.4, -0.2) is 58.9 Å². The molecule has 13 heteroatoms. The van der Waals surface area contributed by atoms with E-state index in [1.165, 1.54) is 16.7 Å². The van der Waals surface area contributed by atoms with Gasteiger partial charge in [-0.05, 0) is 50.5 Å². The third-order valence-electron chi connectivity index (χ3n) is 7.98. The van der Waals surface area contributed by atoms with Crippen LogP contribution >= 0.6 is 0 Å². The van der Waals surface area contributed by atoms with Gasteiger partial charge in [-0.3, -0.25) is 33.6 Å². The summed E-state index contributed by atoms with van der Waals surface area (Å²) in [7, 11) is 1.60. The quantitative estimate of drug-likeness (QED) is 0.119. The van der Waals surface area contributed by atoms with E-state index in [0.29, 0.717) is 24.9 Å². The van der Waals surface area contributed by atoms with Crippen molar-refractivity contribution in [1.29, 1.82) is 0 Å². The molecule has 0 radical (unpaired) electrons. The van der Waals surface area contributed by atoms with Crippen LogP contribution in [0.4, 0.5) is 11.6 Å². The Hall–Kier alpha value is -5.64. The lowest BCUT2D eigenvalue weighted by Gasteiger charge is -2.31. The van der Waals surface area contributed by atoms with Crippen LogP contribution < -0.4 is 16.1 Å². The van der Waals surface area contributed by atoms with Crippen molar-refractivity contribution < 1.29 is 4.92 Å². The number of aryl methyl sites for hydroxylation is 2. The molecule has 3 aromatic heterocycles. The minimum Gasteiger partial charge on any atom is -0.340 e. The minimum absolute atomic E-state index is 0.0263. The van der Waals surface area contributed by atoms with Crippen LogP contribution in [0.2, 0.25) is 0 Å². The van der Waals surface area contributed by atoms with Crippen LogP contribution in [-0.2, 0) is 20.1 Å². The summed E-state index contributed by atoms with van der Waals surface area (Å²) in [6.07, 6.45) is 3.42. The molecule has 1 aliphatic heterocycles. The molecule has 2 aromatic carbocycles. The molecule has 4 heterocycles. The fourth-order valence-corrected chi connectivity index (χ4v) is 5.69. The molecule has 5 aromatic rings. The maximum absolute atomic E-state index is 14.0. The van der Waals surface area contributed by atoms with Crippen molar-refractivity contribution in [3.05, 3.63) is 96.6 Å². The first-order valence-electron chi connectivity index (χ1n) is 14.6. The molecule has 0 unspecified atom stereocenters. The topological polar surface area (TPSA) is 146 Å². The van der Waals surface area contributed by atoms with Gasteiger partial charge in [0.25, 0.3) is 11.2 Å². The highest BCUT2D eigenvalue weighted by Gasteiger charge is 2.27. The molecule has 45 heavy (non-hydrogen) atoms. The van der Waals surface area contributed by atoms with E-state index in [0.717, 1.165) is 39.6 Å². The fraction of sp³-hybridized carbons (Fsp3) is 0.312. The van der Waals surface area contributed by atoms with Crippen LogP contribution in [0.5, 0.6) is 0 Å². The third kappa shape index (κ3) is 5.70. The Morgan fingerprint density at radius 1 is 1.09 bits per heavy atom. The molecule has 1 fully saturated rings. The second-order valence-corrected chi connectivity index (χ2v) is 10.9. The van der Waals surface area contributed by atoms with Crippen LogP contribution in [0.15, 0.2) is 63.1 Å². The summed E-state index contributed by atoms with van der Waals surface area (Å²) in [4.78, 5) is 58.9. The molecule has 0 bridgehead atoms. The van der Waals surface area contributed by atoms with E-state index in [4.69, 9.17) is 9.98 Å². The SMILES string of the molecule is CC#CCn1c(N2CCC[C@@H](/N=C/c3ccc([N+](=O)[O-])cc3)C2)nc2c1c(=O)n(Cc1nc(C)c3ccccc3n1)c(=O)n2C. The van der Waals surface area contributed by atoms with E-state index < -0.39 is 16.2 Å². The van der Waals surface area contributed by atoms with Crippen molar-refractivity contribution in [3.63, 3.8) is 0 Å². The molecule has 0 amide bonds. The van der Waals surface area contributed by atoms with Crippen molar-refractivity contribution >= 4 is 39.9 Å². The third-order valence-corrected chi connectivity index (χ3v) is 7.98. The van der Waals surface area contributed by atoms with Crippen molar-refractivity contribution in [2.45, 2.75) is 45.8 Å². The number of rotatable bonds is 7. The molecule has 1 atom stereocenters. The lowest BCUT2D eigenvalue weighted by molar-refractivity contribution is -0.384. The van der Waals surface area contributed by atoms with Crippen LogP contribution in [0.1, 0.15) is 36.8 Å². The predicted octanol–water partition coefficient (Wildman–Crippen LogP) is 3.22. The monoisotopic (exact) mass is 605 g/mol. The lowest BCUT2D eigenvalue weighted by atomic mass is 10.1. The number of hydrogen-bond acceptors (Lipinski definition) is 9. The van der Waals surface area contributed by atoms with Gasteiger partial charge in [0, 0.05) is 49.6 Å². The number of imidazole rings is 1. The van der Waals surface area contributed by atoms with Gasteiger partial charge in [-0.15, -0.1) is 5.92 Å². The number of non-ortho nitro benzene ring substituents is 1. The highest BCUT2D eigenvalue weighted by Crippen LogP contribution is 2.24. The second kappa shape index (κ2) is 12.2. The summed E-state index contributed by atoms with van der Waals surface area (Å²) < 4.78 is 4.32. The number of nitro benzene ring substituents is 1. The van der Waals surface area contributed by atoms with Crippen molar-refractivity contribution in [3.8, 4) is 11.8 Å². The van der Waals surface area contributed by atoms with Gasteiger partial charge in [-0.1, -0.05) is 24.1 Å². The number of para-hydroxylation sites is 1. The molecule has 1 aliphatic rings. The Bertz CT molecular complexity index is 2150. The van der Waals surface area contributed by atoms with Gasteiger partial charge in [0.15, 0.2) is 11.2 Å². The average Bonchev–Trinajstić information content (AvgIpc) is 3.44. The molecule has 228 valence electrons.